The molecule has 0 aliphatic rings. The van der Waals surface area contributed by atoms with E-state index in [1.807, 2.05) is 48.5 Å². The van der Waals surface area contributed by atoms with Crippen LogP contribution in [0.25, 0.3) is 22.3 Å². The summed E-state index contributed by atoms with van der Waals surface area (Å²) >= 11 is 0. The van der Waals surface area contributed by atoms with Crippen molar-refractivity contribution >= 4 is 11.9 Å². The molecule has 5 nitrogen and oxygen atoms in total. The zero-order valence-corrected chi connectivity index (χ0v) is 18.9. The SMILES string of the molecule is CCCCCCCCOc1cc(-c2cccc(C(=O)O)c2C(=O)O)ccc1-c1ccccc1. The van der Waals surface area contributed by atoms with Crippen LogP contribution in [0.3, 0.4) is 0 Å². The molecule has 0 aromatic heterocycles. The number of carbonyl (C=O) groups is 2. The van der Waals surface area contributed by atoms with Gasteiger partial charge in [0.05, 0.1) is 17.7 Å². The fourth-order valence-electron chi connectivity index (χ4n) is 3.93. The lowest BCUT2D eigenvalue weighted by Gasteiger charge is -2.15. The van der Waals surface area contributed by atoms with E-state index in [-0.39, 0.29) is 11.1 Å². The smallest absolute Gasteiger partial charge is 0.337 e. The molecule has 3 rings (SSSR count). The molecule has 0 unspecified atom stereocenters. The van der Waals surface area contributed by atoms with Crippen molar-refractivity contribution in [1.82, 2.24) is 0 Å². The molecule has 172 valence electrons. The molecule has 0 saturated heterocycles. The number of carboxylic acid groups (broad SMARTS) is 2. The zero-order chi connectivity index (χ0) is 23.6. The lowest BCUT2D eigenvalue weighted by atomic mass is 9.93. The molecule has 0 amide bonds. The minimum absolute atomic E-state index is 0.223. The molecule has 3 aromatic rings. The molecule has 0 saturated carbocycles. The summed E-state index contributed by atoms with van der Waals surface area (Å²) in [7, 11) is 0. The highest BCUT2D eigenvalue weighted by Crippen LogP contribution is 2.36. The summed E-state index contributed by atoms with van der Waals surface area (Å²) in [5.74, 6) is -1.89. The van der Waals surface area contributed by atoms with Gasteiger partial charge in [0.1, 0.15) is 5.75 Å². The van der Waals surface area contributed by atoms with Gasteiger partial charge in [-0.2, -0.15) is 0 Å². The maximum atomic E-state index is 11.9. The molecule has 0 aliphatic heterocycles. The van der Waals surface area contributed by atoms with E-state index in [0.29, 0.717) is 23.5 Å². The summed E-state index contributed by atoms with van der Waals surface area (Å²) in [4.78, 5) is 23.5. The Hall–Kier alpha value is -3.60. The standard InChI is InChI=1S/C28H30O5/c1-2-3-4-5-6-10-18-33-25-19-21(16-17-22(25)20-12-8-7-9-13-20)23-14-11-15-24(27(29)30)26(23)28(31)32/h7-9,11-17,19H,2-6,10,18H2,1H3,(H,29,30)(H,31,32). The Morgan fingerprint density at radius 3 is 2.15 bits per heavy atom. The topological polar surface area (TPSA) is 83.8 Å². The van der Waals surface area contributed by atoms with Crippen LogP contribution < -0.4 is 4.74 Å². The van der Waals surface area contributed by atoms with E-state index in [9.17, 15) is 19.8 Å². The van der Waals surface area contributed by atoms with Crippen LogP contribution in [0, 0.1) is 0 Å². The molecule has 0 fully saturated rings. The highest BCUT2D eigenvalue weighted by Gasteiger charge is 2.21. The first-order chi connectivity index (χ1) is 16.0. The minimum Gasteiger partial charge on any atom is -0.493 e. The number of carboxylic acids is 2. The van der Waals surface area contributed by atoms with Gasteiger partial charge in [0.2, 0.25) is 0 Å². The Kier molecular flexibility index (Phi) is 8.64. The van der Waals surface area contributed by atoms with E-state index in [4.69, 9.17) is 4.74 Å². The predicted octanol–water partition coefficient (Wildman–Crippen LogP) is 7.16. The van der Waals surface area contributed by atoms with Crippen LogP contribution in [0.1, 0.15) is 66.2 Å². The Balaban J connectivity index is 1.94. The van der Waals surface area contributed by atoms with Crippen molar-refractivity contribution in [3.05, 3.63) is 77.9 Å². The predicted molar refractivity (Wildman–Crippen MR) is 130 cm³/mol. The van der Waals surface area contributed by atoms with E-state index in [1.54, 1.807) is 12.1 Å². The van der Waals surface area contributed by atoms with Crippen LogP contribution in [0.15, 0.2) is 66.7 Å². The Labute approximate surface area is 194 Å². The van der Waals surface area contributed by atoms with E-state index in [0.717, 1.165) is 24.0 Å². The van der Waals surface area contributed by atoms with Gasteiger partial charge in [-0.1, -0.05) is 93.6 Å². The Morgan fingerprint density at radius 2 is 1.45 bits per heavy atom. The average molecular weight is 447 g/mol. The van der Waals surface area contributed by atoms with Crippen LogP contribution in [0.5, 0.6) is 5.75 Å². The molecule has 0 spiro atoms. The van der Waals surface area contributed by atoms with Gasteiger partial charge in [-0.15, -0.1) is 0 Å². The molecule has 0 heterocycles. The number of unbranched alkanes of at least 4 members (excludes halogenated alkanes) is 5. The summed E-state index contributed by atoms with van der Waals surface area (Å²) in [6, 6.07) is 19.9. The quantitative estimate of drug-likeness (QED) is 0.288. The molecule has 0 atom stereocenters. The summed E-state index contributed by atoms with van der Waals surface area (Å²) in [5, 5.41) is 19.2. The fraction of sp³-hybridized carbons (Fsp3) is 0.286. The van der Waals surface area contributed by atoms with Gasteiger partial charge in [0, 0.05) is 5.56 Å². The lowest BCUT2D eigenvalue weighted by molar-refractivity contribution is 0.0652. The van der Waals surface area contributed by atoms with Crippen molar-refractivity contribution < 1.29 is 24.5 Å². The number of hydrogen-bond donors (Lipinski definition) is 2. The van der Waals surface area contributed by atoms with Crippen molar-refractivity contribution in [3.8, 4) is 28.0 Å². The van der Waals surface area contributed by atoms with Gasteiger partial charge in [-0.3, -0.25) is 0 Å². The molecule has 0 bridgehead atoms. The molecule has 2 N–H and O–H groups in total. The molecular formula is C28H30O5. The summed E-state index contributed by atoms with van der Waals surface area (Å²) in [5.41, 5.74) is 2.41. The zero-order valence-electron chi connectivity index (χ0n) is 18.9. The molecule has 3 aromatic carbocycles. The van der Waals surface area contributed by atoms with Crippen LogP contribution in [0.2, 0.25) is 0 Å². The van der Waals surface area contributed by atoms with Crippen LogP contribution in [0.4, 0.5) is 0 Å². The van der Waals surface area contributed by atoms with Crippen molar-refractivity contribution in [2.75, 3.05) is 6.61 Å². The molecule has 0 aliphatic carbocycles. The second-order valence-corrected chi connectivity index (χ2v) is 8.03. The third-order valence-corrected chi connectivity index (χ3v) is 5.64. The molecular weight excluding hydrogens is 416 g/mol. The maximum Gasteiger partial charge on any atom is 0.337 e. The maximum absolute atomic E-state index is 11.9. The van der Waals surface area contributed by atoms with E-state index in [2.05, 4.69) is 6.92 Å². The summed E-state index contributed by atoms with van der Waals surface area (Å²) in [6.45, 7) is 2.76. The van der Waals surface area contributed by atoms with Crippen LogP contribution in [-0.2, 0) is 0 Å². The van der Waals surface area contributed by atoms with Crippen LogP contribution in [-0.4, -0.2) is 28.8 Å². The normalized spacial score (nSPS) is 10.7. The van der Waals surface area contributed by atoms with Crippen LogP contribution >= 0.6 is 0 Å². The first kappa shape index (κ1) is 24.1. The highest BCUT2D eigenvalue weighted by molar-refractivity contribution is 6.06. The van der Waals surface area contributed by atoms with E-state index < -0.39 is 11.9 Å². The number of rotatable bonds is 12. The second-order valence-electron chi connectivity index (χ2n) is 8.03. The second kappa shape index (κ2) is 11.9. The largest absolute Gasteiger partial charge is 0.493 e. The van der Waals surface area contributed by atoms with Crippen molar-refractivity contribution in [2.45, 2.75) is 45.4 Å². The molecule has 5 heteroatoms. The third-order valence-electron chi connectivity index (χ3n) is 5.64. The molecule has 0 radical (unpaired) electrons. The lowest BCUT2D eigenvalue weighted by Crippen LogP contribution is -2.09. The Bertz CT molecular complexity index is 1090. The number of benzene rings is 3. The van der Waals surface area contributed by atoms with Gasteiger partial charge in [0.25, 0.3) is 0 Å². The van der Waals surface area contributed by atoms with Gasteiger partial charge in [-0.25, -0.2) is 9.59 Å². The van der Waals surface area contributed by atoms with Crippen molar-refractivity contribution in [1.29, 1.82) is 0 Å². The van der Waals surface area contributed by atoms with Gasteiger partial charge < -0.3 is 14.9 Å². The number of ether oxygens (including phenoxy) is 1. The third kappa shape index (κ3) is 6.22. The van der Waals surface area contributed by atoms with Gasteiger partial charge in [0.15, 0.2) is 0 Å². The molecule has 33 heavy (non-hydrogen) atoms. The summed E-state index contributed by atoms with van der Waals surface area (Å²) < 4.78 is 6.17. The number of hydrogen-bond acceptors (Lipinski definition) is 3. The summed E-state index contributed by atoms with van der Waals surface area (Å²) in [6.07, 6.45) is 6.93. The van der Waals surface area contributed by atoms with Gasteiger partial charge >= 0.3 is 11.9 Å². The average Bonchev–Trinajstić information content (AvgIpc) is 2.83. The Morgan fingerprint density at radius 1 is 0.727 bits per heavy atom. The van der Waals surface area contributed by atoms with E-state index in [1.165, 1.54) is 31.7 Å². The van der Waals surface area contributed by atoms with Gasteiger partial charge in [-0.05, 0) is 35.2 Å². The number of aromatic carboxylic acids is 2. The fourth-order valence-corrected chi connectivity index (χ4v) is 3.93. The minimum atomic E-state index is -1.27. The van der Waals surface area contributed by atoms with Crippen molar-refractivity contribution in [2.24, 2.45) is 0 Å². The van der Waals surface area contributed by atoms with Crippen molar-refractivity contribution in [3.63, 3.8) is 0 Å². The van der Waals surface area contributed by atoms with E-state index >= 15 is 0 Å². The first-order valence-corrected chi connectivity index (χ1v) is 11.4. The monoisotopic (exact) mass is 446 g/mol. The first-order valence-electron chi connectivity index (χ1n) is 11.4. The highest BCUT2D eigenvalue weighted by atomic mass is 16.5.